The van der Waals surface area contributed by atoms with E-state index in [-0.39, 0.29) is 5.46 Å². The summed E-state index contributed by atoms with van der Waals surface area (Å²) in [6, 6.07) is 1.91. The van der Waals surface area contributed by atoms with Crippen LogP contribution < -0.4 is 5.46 Å². The van der Waals surface area contributed by atoms with Crippen molar-refractivity contribution in [2.45, 2.75) is 6.92 Å². The lowest BCUT2D eigenvalue weighted by atomic mass is 9.91. The van der Waals surface area contributed by atoms with Crippen molar-refractivity contribution in [3.63, 3.8) is 0 Å². The lowest BCUT2D eigenvalue weighted by Crippen LogP contribution is -2.09. The first-order valence-corrected chi connectivity index (χ1v) is 2.82. The molecular weight excluding hydrogens is 133 g/mol. The first kappa shape index (κ1) is 7.25. The van der Waals surface area contributed by atoms with E-state index in [2.05, 4.69) is 0 Å². The summed E-state index contributed by atoms with van der Waals surface area (Å²) in [6.45, 7) is 1.50. The molecule has 2 radical (unpaired) electrons. The minimum Gasteiger partial charge on any atom is -0.207 e. The maximum atomic E-state index is 12.5. The molecule has 0 nitrogen and oxygen atoms in total. The molecule has 0 aromatic heterocycles. The highest BCUT2D eigenvalue weighted by molar-refractivity contribution is 6.33. The van der Waals surface area contributed by atoms with E-state index in [0.29, 0.717) is 5.56 Å². The average molecular weight is 138 g/mol. The molecule has 1 rings (SSSR count). The van der Waals surface area contributed by atoms with E-state index in [1.807, 2.05) is 0 Å². The van der Waals surface area contributed by atoms with Gasteiger partial charge in [-0.3, -0.25) is 0 Å². The normalized spacial score (nSPS) is 9.90. The molecule has 0 atom stereocenters. The molecule has 0 amide bonds. The van der Waals surface area contributed by atoms with Gasteiger partial charge < -0.3 is 0 Å². The van der Waals surface area contributed by atoms with E-state index in [9.17, 15) is 8.78 Å². The molecule has 0 saturated heterocycles. The van der Waals surface area contributed by atoms with Crippen LogP contribution in [-0.4, -0.2) is 7.85 Å². The van der Waals surface area contributed by atoms with Gasteiger partial charge in [0, 0.05) is 6.07 Å². The molecule has 0 unspecified atom stereocenters. The van der Waals surface area contributed by atoms with E-state index < -0.39 is 11.6 Å². The Morgan fingerprint density at radius 1 is 1.30 bits per heavy atom. The van der Waals surface area contributed by atoms with Crippen LogP contribution in [-0.2, 0) is 0 Å². The van der Waals surface area contributed by atoms with Gasteiger partial charge in [-0.25, -0.2) is 8.78 Å². The number of hydrogen-bond donors (Lipinski definition) is 0. The number of halogens is 2. The van der Waals surface area contributed by atoms with Crippen LogP contribution in [0.1, 0.15) is 5.56 Å². The van der Waals surface area contributed by atoms with Crippen LogP contribution in [0.4, 0.5) is 8.78 Å². The van der Waals surface area contributed by atoms with Gasteiger partial charge in [-0.15, -0.1) is 0 Å². The monoisotopic (exact) mass is 138 g/mol. The summed E-state index contributed by atoms with van der Waals surface area (Å²) < 4.78 is 24.8. The molecule has 0 aliphatic rings. The Morgan fingerprint density at radius 3 is 2.40 bits per heavy atom. The van der Waals surface area contributed by atoms with E-state index in [1.54, 1.807) is 0 Å². The highest BCUT2D eigenvalue weighted by Gasteiger charge is 2.01. The summed E-state index contributed by atoms with van der Waals surface area (Å²) in [5.41, 5.74) is 0.443. The third kappa shape index (κ3) is 1.18. The minimum absolute atomic E-state index is 0.150. The molecule has 0 aliphatic carbocycles. The number of rotatable bonds is 0. The molecule has 0 N–H and O–H groups in total. The summed E-state index contributed by atoms with van der Waals surface area (Å²) in [7, 11) is 5.24. The van der Waals surface area contributed by atoms with Crippen molar-refractivity contribution in [1.82, 2.24) is 0 Å². The van der Waals surface area contributed by atoms with Crippen LogP contribution >= 0.6 is 0 Å². The van der Waals surface area contributed by atoms with Gasteiger partial charge in [0.05, 0.1) is 0 Å². The van der Waals surface area contributed by atoms with Crippen molar-refractivity contribution in [2.24, 2.45) is 0 Å². The Kier molecular flexibility index (Phi) is 1.75. The number of benzene rings is 1. The largest absolute Gasteiger partial charge is 0.207 e. The van der Waals surface area contributed by atoms with Gasteiger partial charge in [0.1, 0.15) is 19.5 Å². The molecule has 1 aromatic carbocycles. The van der Waals surface area contributed by atoms with Gasteiger partial charge in [0.15, 0.2) is 0 Å². The molecular formula is C7H5BF2. The standard InChI is InChI=1S/C7H5BF2/c1-4-6(8)2-5(9)3-7(4)10/h2-3H,1H3. The fourth-order valence-corrected chi connectivity index (χ4v) is 0.666. The molecule has 0 saturated carbocycles. The second kappa shape index (κ2) is 2.41. The highest BCUT2D eigenvalue weighted by atomic mass is 19.1. The predicted molar refractivity (Wildman–Crippen MR) is 36.5 cm³/mol. The molecule has 0 fully saturated rings. The predicted octanol–water partition coefficient (Wildman–Crippen LogP) is 1.07. The molecule has 0 heterocycles. The molecule has 50 valence electrons. The zero-order chi connectivity index (χ0) is 7.72. The van der Waals surface area contributed by atoms with E-state index in [4.69, 9.17) is 7.85 Å². The summed E-state index contributed by atoms with van der Waals surface area (Å²) in [6.07, 6.45) is 0. The minimum atomic E-state index is -0.638. The fraction of sp³-hybridized carbons (Fsp3) is 0.143. The Balaban J connectivity index is 3.31. The summed E-state index contributed by atoms with van der Waals surface area (Å²) >= 11 is 0. The van der Waals surface area contributed by atoms with Crippen molar-refractivity contribution < 1.29 is 8.78 Å². The summed E-state index contributed by atoms with van der Waals surface area (Å²) in [4.78, 5) is 0. The Hall–Kier alpha value is -0.855. The SMILES string of the molecule is [B]c1cc(F)cc(F)c1C. The second-order valence-corrected chi connectivity index (χ2v) is 2.10. The van der Waals surface area contributed by atoms with Crippen molar-refractivity contribution in [1.29, 1.82) is 0 Å². The zero-order valence-corrected chi connectivity index (χ0v) is 5.49. The van der Waals surface area contributed by atoms with Crippen molar-refractivity contribution in [3.8, 4) is 0 Å². The quantitative estimate of drug-likeness (QED) is 0.470. The van der Waals surface area contributed by atoms with Crippen molar-refractivity contribution >= 4 is 13.3 Å². The molecule has 0 aliphatic heterocycles. The van der Waals surface area contributed by atoms with Crippen LogP contribution in [0.15, 0.2) is 12.1 Å². The lowest BCUT2D eigenvalue weighted by Gasteiger charge is -2.00. The molecule has 10 heavy (non-hydrogen) atoms. The number of hydrogen-bond acceptors (Lipinski definition) is 0. The zero-order valence-electron chi connectivity index (χ0n) is 5.49. The average Bonchev–Trinajstić information content (AvgIpc) is 1.82. The Bertz CT molecular complexity index is 235. The van der Waals surface area contributed by atoms with E-state index in [1.165, 1.54) is 6.92 Å². The maximum absolute atomic E-state index is 12.5. The molecule has 0 spiro atoms. The van der Waals surface area contributed by atoms with Crippen LogP contribution in [0.25, 0.3) is 0 Å². The van der Waals surface area contributed by atoms with Gasteiger partial charge >= 0.3 is 0 Å². The lowest BCUT2D eigenvalue weighted by molar-refractivity contribution is 0.579. The van der Waals surface area contributed by atoms with Crippen LogP contribution in [0.5, 0.6) is 0 Å². The molecule has 1 aromatic rings. The fourth-order valence-electron chi connectivity index (χ4n) is 0.666. The van der Waals surface area contributed by atoms with E-state index in [0.717, 1.165) is 12.1 Å². The van der Waals surface area contributed by atoms with E-state index >= 15 is 0 Å². The first-order valence-electron chi connectivity index (χ1n) is 2.82. The van der Waals surface area contributed by atoms with Gasteiger partial charge in [-0.1, -0.05) is 5.46 Å². The van der Waals surface area contributed by atoms with Crippen molar-refractivity contribution in [3.05, 3.63) is 29.3 Å². The third-order valence-corrected chi connectivity index (χ3v) is 1.35. The van der Waals surface area contributed by atoms with Gasteiger partial charge in [-0.05, 0) is 18.6 Å². The summed E-state index contributed by atoms with van der Waals surface area (Å²) in [5, 5.41) is 0. The van der Waals surface area contributed by atoms with Crippen LogP contribution in [0.3, 0.4) is 0 Å². The topological polar surface area (TPSA) is 0 Å². The third-order valence-electron chi connectivity index (χ3n) is 1.35. The maximum Gasteiger partial charge on any atom is 0.128 e. The van der Waals surface area contributed by atoms with Crippen LogP contribution in [0.2, 0.25) is 0 Å². The Labute approximate surface area is 59.3 Å². The second-order valence-electron chi connectivity index (χ2n) is 2.10. The van der Waals surface area contributed by atoms with Gasteiger partial charge in [0.25, 0.3) is 0 Å². The highest BCUT2D eigenvalue weighted by Crippen LogP contribution is 2.04. The van der Waals surface area contributed by atoms with Crippen molar-refractivity contribution in [2.75, 3.05) is 0 Å². The first-order chi connectivity index (χ1) is 4.61. The smallest absolute Gasteiger partial charge is 0.128 e. The van der Waals surface area contributed by atoms with Crippen LogP contribution in [0, 0.1) is 18.6 Å². The summed E-state index contributed by atoms with van der Waals surface area (Å²) in [5.74, 6) is -1.24. The van der Waals surface area contributed by atoms with Gasteiger partial charge in [-0.2, -0.15) is 0 Å². The Morgan fingerprint density at radius 2 is 1.90 bits per heavy atom. The molecule has 3 heteroatoms. The molecule has 0 bridgehead atoms. The van der Waals surface area contributed by atoms with Gasteiger partial charge in [0.2, 0.25) is 0 Å².